The Bertz CT molecular complexity index is 348. The Kier molecular flexibility index (Phi) is 5.66. The van der Waals surface area contributed by atoms with Gasteiger partial charge in [-0.25, -0.2) is 19.0 Å². The van der Waals surface area contributed by atoms with Gasteiger partial charge in [-0.05, 0) is 19.9 Å². The fourth-order valence-corrected chi connectivity index (χ4v) is 2.31. The zero-order valence-electron chi connectivity index (χ0n) is 10.1. The summed E-state index contributed by atoms with van der Waals surface area (Å²) in [6.45, 7) is 0.183. The maximum absolute atomic E-state index is 11.2. The number of sulfonamides is 1. The Morgan fingerprint density at radius 1 is 1.41 bits per heavy atom. The predicted octanol–water partition coefficient (Wildman–Crippen LogP) is -1.11. The van der Waals surface area contributed by atoms with Gasteiger partial charge in [0.15, 0.2) is 0 Å². The summed E-state index contributed by atoms with van der Waals surface area (Å²) >= 11 is 0. The summed E-state index contributed by atoms with van der Waals surface area (Å²) in [6, 6.07) is 0.394. The maximum atomic E-state index is 11.2. The van der Waals surface area contributed by atoms with E-state index in [0.29, 0.717) is 12.0 Å². The Balaban J connectivity index is 2.38. The highest BCUT2D eigenvalue weighted by atomic mass is 32.2. The maximum Gasteiger partial charge on any atom is 0.213 e. The molecule has 0 aromatic heterocycles. The molecule has 100 valence electrons. The molecule has 0 heterocycles. The van der Waals surface area contributed by atoms with Crippen molar-refractivity contribution in [1.29, 1.82) is 0 Å². The average Bonchev–Trinajstić information content (AvgIpc) is 2.80. The highest BCUT2D eigenvalue weighted by Crippen LogP contribution is 2.17. The molecule has 0 atom stereocenters. The van der Waals surface area contributed by atoms with E-state index in [2.05, 4.69) is 20.5 Å². The van der Waals surface area contributed by atoms with Crippen LogP contribution in [0.2, 0.25) is 0 Å². The van der Waals surface area contributed by atoms with Crippen molar-refractivity contribution in [3.8, 4) is 0 Å². The SMILES string of the molecule is CNS(=O)(=O)CCN=C(NN)NC1CCCC1. The molecule has 0 unspecified atom stereocenters. The molecule has 0 amide bonds. The Morgan fingerprint density at radius 3 is 2.59 bits per heavy atom. The standard InChI is InChI=1S/C9H21N5O2S/c1-11-17(15,16)7-6-12-9(14-10)13-8-4-2-3-5-8/h8,11H,2-7,10H2,1H3,(H2,12,13,14). The Labute approximate surface area is 102 Å². The van der Waals surface area contributed by atoms with Gasteiger partial charge in [0.25, 0.3) is 0 Å². The molecule has 1 rings (SSSR count). The number of hydrogen-bond donors (Lipinski definition) is 4. The number of aliphatic imine (C=N–C) groups is 1. The third-order valence-corrected chi connectivity index (χ3v) is 4.12. The third-order valence-electron chi connectivity index (χ3n) is 2.77. The highest BCUT2D eigenvalue weighted by molar-refractivity contribution is 7.89. The first-order chi connectivity index (χ1) is 8.07. The molecule has 0 radical (unpaired) electrons. The molecular weight excluding hydrogens is 242 g/mol. The molecule has 0 aromatic rings. The Hall–Kier alpha value is -0.860. The van der Waals surface area contributed by atoms with E-state index in [4.69, 9.17) is 5.84 Å². The fraction of sp³-hybridized carbons (Fsp3) is 0.889. The van der Waals surface area contributed by atoms with Crippen molar-refractivity contribution in [3.05, 3.63) is 0 Å². The van der Waals surface area contributed by atoms with Crippen LogP contribution in [0.15, 0.2) is 4.99 Å². The van der Waals surface area contributed by atoms with Gasteiger partial charge >= 0.3 is 0 Å². The number of guanidine groups is 1. The summed E-state index contributed by atoms with van der Waals surface area (Å²) < 4.78 is 24.6. The number of nitrogens with one attached hydrogen (secondary N) is 3. The normalized spacial score (nSPS) is 18.4. The van der Waals surface area contributed by atoms with E-state index in [9.17, 15) is 8.42 Å². The number of nitrogens with zero attached hydrogens (tertiary/aromatic N) is 1. The average molecular weight is 263 g/mol. The molecule has 1 aliphatic rings. The summed E-state index contributed by atoms with van der Waals surface area (Å²) in [7, 11) is -1.82. The summed E-state index contributed by atoms with van der Waals surface area (Å²) in [6.07, 6.45) is 4.64. The topological polar surface area (TPSA) is 109 Å². The van der Waals surface area contributed by atoms with E-state index >= 15 is 0 Å². The smallest absolute Gasteiger partial charge is 0.213 e. The second-order valence-electron chi connectivity index (χ2n) is 4.02. The molecule has 0 aliphatic heterocycles. The van der Waals surface area contributed by atoms with Gasteiger partial charge < -0.3 is 5.32 Å². The molecule has 5 N–H and O–H groups in total. The lowest BCUT2D eigenvalue weighted by atomic mass is 10.2. The molecule has 1 fully saturated rings. The zero-order chi connectivity index (χ0) is 12.7. The van der Waals surface area contributed by atoms with Crippen molar-refractivity contribution in [2.75, 3.05) is 19.3 Å². The molecule has 0 spiro atoms. The summed E-state index contributed by atoms with van der Waals surface area (Å²) in [4.78, 5) is 4.09. The first kappa shape index (κ1) is 14.2. The van der Waals surface area contributed by atoms with Gasteiger partial charge in [-0.3, -0.25) is 10.4 Å². The van der Waals surface area contributed by atoms with Crippen LogP contribution < -0.4 is 21.3 Å². The first-order valence-electron chi connectivity index (χ1n) is 5.76. The van der Waals surface area contributed by atoms with Gasteiger partial charge in [-0.1, -0.05) is 12.8 Å². The van der Waals surface area contributed by atoms with Crippen LogP contribution in [-0.4, -0.2) is 39.8 Å². The van der Waals surface area contributed by atoms with Crippen molar-refractivity contribution in [3.63, 3.8) is 0 Å². The minimum Gasteiger partial charge on any atom is -0.353 e. The largest absolute Gasteiger partial charge is 0.353 e. The summed E-state index contributed by atoms with van der Waals surface area (Å²) in [5.74, 6) is 5.75. The van der Waals surface area contributed by atoms with E-state index in [0.717, 1.165) is 12.8 Å². The lowest BCUT2D eigenvalue weighted by molar-refractivity contribution is 0.587. The van der Waals surface area contributed by atoms with E-state index in [1.807, 2.05) is 0 Å². The van der Waals surface area contributed by atoms with Crippen molar-refractivity contribution < 1.29 is 8.42 Å². The van der Waals surface area contributed by atoms with Crippen LogP contribution in [0.3, 0.4) is 0 Å². The van der Waals surface area contributed by atoms with E-state index in [1.165, 1.54) is 19.9 Å². The van der Waals surface area contributed by atoms with Gasteiger partial charge in [0, 0.05) is 6.04 Å². The summed E-state index contributed by atoms with van der Waals surface area (Å²) in [5.41, 5.74) is 2.46. The number of nitrogens with two attached hydrogens (primary N) is 1. The van der Waals surface area contributed by atoms with Crippen molar-refractivity contribution in [2.45, 2.75) is 31.7 Å². The van der Waals surface area contributed by atoms with Crippen LogP contribution in [0, 0.1) is 0 Å². The number of hydrogen-bond acceptors (Lipinski definition) is 4. The van der Waals surface area contributed by atoms with Crippen LogP contribution in [0.4, 0.5) is 0 Å². The molecule has 8 heteroatoms. The van der Waals surface area contributed by atoms with Crippen molar-refractivity contribution in [2.24, 2.45) is 10.8 Å². The predicted molar refractivity (Wildman–Crippen MR) is 67.9 cm³/mol. The monoisotopic (exact) mass is 263 g/mol. The van der Waals surface area contributed by atoms with Crippen LogP contribution >= 0.6 is 0 Å². The van der Waals surface area contributed by atoms with Crippen LogP contribution in [0.5, 0.6) is 0 Å². The number of hydrazine groups is 1. The van der Waals surface area contributed by atoms with Crippen molar-refractivity contribution in [1.82, 2.24) is 15.5 Å². The molecule has 1 aliphatic carbocycles. The Morgan fingerprint density at radius 2 is 2.06 bits per heavy atom. The van der Waals surface area contributed by atoms with Gasteiger partial charge in [0.1, 0.15) is 0 Å². The fourth-order valence-electron chi connectivity index (χ4n) is 1.78. The van der Waals surface area contributed by atoms with Crippen molar-refractivity contribution >= 4 is 16.0 Å². The molecule has 0 aromatic carbocycles. The first-order valence-corrected chi connectivity index (χ1v) is 7.41. The third kappa shape index (κ3) is 5.33. The summed E-state index contributed by atoms with van der Waals surface area (Å²) in [5, 5.41) is 3.17. The second-order valence-corrected chi connectivity index (χ2v) is 6.07. The highest BCUT2D eigenvalue weighted by Gasteiger charge is 2.15. The zero-order valence-corrected chi connectivity index (χ0v) is 10.9. The quantitative estimate of drug-likeness (QED) is 0.218. The van der Waals surface area contributed by atoms with Gasteiger partial charge in [0.2, 0.25) is 16.0 Å². The lowest BCUT2D eigenvalue weighted by Gasteiger charge is -2.14. The lowest BCUT2D eigenvalue weighted by Crippen LogP contribution is -2.45. The van der Waals surface area contributed by atoms with Crippen LogP contribution in [0.25, 0.3) is 0 Å². The molecule has 0 saturated heterocycles. The van der Waals surface area contributed by atoms with E-state index < -0.39 is 10.0 Å². The van der Waals surface area contributed by atoms with Gasteiger partial charge in [-0.15, -0.1) is 0 Å². The number of rotatable bonds is 5. The van der Waals surface area contributed by atoms with Crippen LogP contribution in [0.1, 0.15) is 25.7 Å². The minimum absolute atomic E-state index is 0.0406. The van der Waals surface area contributed by atoms with E-state index in [1.54, 1.807) is 0 Å². The second kappa shape index (κ2) is 6.77. The van der Waals surface area contributed by atoms with Gasteiger partial charge in [-0.2, -0.15) is 0 Å². The minimum atomic E-state index is -3.20. The molecule has 1 saturated carbocycles. The molecule has 17 heavy (non-hydrogen) atoms. The molecular formula is C9H21N5O2S. The van der Waals surface area contributed by atoms with Crippen LogP contribution in [-0.2, 0) is 10.0 Å². The van der Waals surface area contributed by atoms with Gasteiger partial charge in [0.05, 0.1) is 12.3 Å². The van der Waals surface area contributed by atoms with E-state index in [-0.39, 0.29) is 12.3 Å². The molecule has 0 bridgehead atoms. The molecule has 7 nitrogen and oxygen atoms in total.